The molecule has 2 atom stereocenters. The lowest BCUT2D eigenvalue weighted by molar-refractivity contribution is -0.182. The van der Waals surface area contributed by atoms with Crippen LogP contribution in [0.2, 0.25) is 0 Å². The largest absolute Gasteiger partial charge is 0.453 e. The van der Waals surface area contributed by atoms with Gasteiger partial charge in [-0.25, -0.2) is 14.5 Å². The molecule has 0 unspecified atom stereocenters. The van der Waals surface area contributed by atoms with E-state index in [1.807, 2.05) is 0 Å². The number of alkyl halides is 3. The van der Waals surface area contributed by atoms with Crippen molar-refractivity contribution >= 4 is 23.9 Å². The normalized spacial score (nSPS) is 23.3. The number of amides is 3. The highest BCUT2D eigenvalue weighted by Gasteiger charge is 2.61. The van der Waals surface area contributed by atoms with Crippen LogP contribution in [0.15, 0.2) is 12.2 Å². The van der Waals surface area contributed by atoms with E-state index < -0.39 is 60.6 Å². The number of ether oxygens (including phenoxy) is 2. The van der Waals surface area contributed by atoms with Crippen LogP contribution in [0.1, 0.15) is 13.8 Å². The molecule has 29 heavy (non-hydrogen) atoms. The number of esters is 2. The highest BCUT2D eigenvalue weighted by molar-refractivity contribution is 6.02. The van der Waals surface area contributed by atoms with Crippen LogP contribution < -0.4 is 0 Å². The fourth-order valence-corrected chi connectivity index (χ4v) is 3.04. The molecule has 0 aromatic rings. The number of rotatable bonds is 7. The van der Waals surface area contributed by atoms with Gasteiger partial charge < -0.3 is 14.4 Å². The standard InChI is InChI=1S/C18H19F3N2O6/c1-4-7-22-8-12(24)23(16(22)27)10-29-15(26)14-11(17(14,2)3)5-6-13(25)28-9-18(19,20)21/h1,5-6,11,14H,7-10H2,2-3H3/b6-5-/t11-,14-/m0/s1. The zero-order chi connectivity index (χ0) is 22.0. The van der Waals surface area contributed by atoms with Crippen molar-refractivity contribution in [3.8, 4) is 12.3 Å². The molecule has 11 heteroatoms. The zero-order valence-electron chi connectivity index (χ0n) is 15.7. The number of carbonyl (C=O) groups is 4. The van der Waals surface area contributed by atoms with Gasteiger partial charge in [-0.15, -0.1) is 6.42 Å². The minimum absolute atomic E-state index is 0.0536. The van der Waals surface area contributed by atoms with Gasteiger partial charge in [-0.05, 0) is 11.3 Å². The molecule has 0 bridgehead atoms. The summed E-state index contributed by atoms with van der Waals surface area (Å²) >= 11 is 0. The second-order valence-electron chi connectivity index (χ2n) is 7.16. The van der Waals surface area contributed by atoms with Crippen molar-refractivity contribution in [3.63, 3.8) is 0 Å². The van der Waals surface area contributed by atoms with Crippen LogP contribution in [0, 0.1) is 29.6 Å². The van der Waals surface area contributed by atoms with Crippen molar-refractivity contribution in [1.29, 1.82) is 0 Å². The van der Waals surface area contributed by atoms with Gasteiger partial charge >= 0.3 is 24.1 Å². The molecule has 1 aliphatic heterocycles. The summed E-state index contributed by atoms with van der Waals surface area (Å²) in [5.41, 5.74) is -0.619. The van der Waals surface area contributed by atoms with E-state index in [1.165, 1.54) is 6.08 Å². The van der Waals surface area contributed by atoms with Gasteiger partial charge in [0.15, 0.2) is 13.3 Å². The quantitative estimate of drug-likeness (QED) is 0.269. The van der Waals surface area contributed by atoms with Crippen LogP contribution >= 0.6 is 0 Å². The highest BCUT2D eigenvalue weighted by Crippen LogP contribution is 2.59. The van der Waals surface area contributed by atoms with Gasteiger partial charge in [0.1, 0.15) is 6.54 Å². The van der Waals surface area contributed by atoms with Gasteiger partial charge in [0.05, 0.1) is 12.5 Å². The number of hydrogen-bond donors (Lipinski definition) is 0. The molecule has 8 nitrogen and oxygen atoms in total. The first-order valence-corrected chi connectivity index (χ1v) is 8.49. The maximum Gasteiger partial charge on any atom is 0.422 e. The second-order valence-corrected chi connectivity index (χ2v) is 7.16. The third kappa shape index (κ3) is 5.28. The SMILES string of the molecule is C#CCN1CC(=O)N(COC(=O)[C@@H]2[C@H](/C=C\C(=O)OCC(F)(F)F)C2(C)C)C1=O. The molecule has 2 rings (SSSR count). The predicted molar refractivity (Wildman–Crippen MR) is 90.5 cm³/mol. The summed E-state index contributed by atoms with van der Waals surface area (Å²) in [4.78, 5) is 49.3. The highest BCUT2D eigenvalue weighted by atomic mass is 19.4. The molecule has 0 N–H and O–H groups in total. The molecule has 1 aliphatic carbocycles. The first kappa shape index (κ1) is 22.3. The van der Waals surface area contributed by atoms with Crippen molar-refractivity contribution < 1.29 is 41.8 Å². The number of urea groups is 1. The number of terminal acetylenes is 1. The number of carbonyl (C=O) groups excluding carboxylic acids is 4. The van der Waals surface area contributed by atoms with E-state index in [-0.39, 0.29) is 13.1 Å². The van der Waals surface area contributed by atoms with E-state index in [0.29, 0.717) is 0 Å². The molecule has 0 aromatic heterocycles. The zero-order valence-corrected chi connectivity index (χ0v) is 15.7. The summed E-state index contributed by atoms with van der Waals surface area (Å²) < 4.78 is 45.2. The average Bonchev–Trinajstić information content (AvgIpc) is 3.06. The molecule has 0 spiro atoms. The van der Waals surface area contributed by atoms with E-state index in [9.17, 15) is 32.3 Å². The smallest absolute Gasteiger partial charge is 0.422 e. The van der Waals surface area contributed by atoms with Crippen molar-refractivity contribution in [2.75, 3.05) is 26.4 Å². The predicted octanol–water partition coefficient (Wildman–Crippen LogP) is 1.32. The summed E-state index contributed by atoms with van der Waals surface area (Å²) in [5.74, 6) is -1.37. The van der Waals surface area contributed by atoms with Crippen molar-refractivity contribution in [2.45, 2.75) is 20.0 Å². The maximum atomic E-state index is 12.3. The molecule has 0 radical (unpaired) electrons. The van der Waals surface area contributed by atoms with E-state index in [0.717, 1.165) is 15.9 Å². The lowest BCUT2D eigenvalue weighted by Crippen LogP contribution is -2.36. The number of allylic oxidation sites excluding steroid dienone is 1. The molecular formula is C18H19F3N2O6. The molecular weight excluding hydrogens is 397 g/mol. The van der Waals surface area contributed by atoms with Crippen LogP contribution in [0.25, 0.3) is 0 Å². The van der Waals surface area contributed by atoms with Crippen molar-refractivity contribution in [1.82, 2.24) is 9.80 Å². The van der Waals surface area contributed by atoms with E-state index >= 15 is 0 Å². The lowest BCUT2D eigenvalue weighted by Gasteiger charge is -2.15. The van der Waals surface area contributed by atoms with Gasteiger partial charge in [-0.3, -0.25) is 9.59 Å². The van der Waals surface area contributed by atoms with Gasteiger partial charge in [-0.2, -0.15) is 13.2 Å². The Balaban J connectivity index is 1.87. The number of halogens is 3. The van der Waals surface area contributed by atoms with Gasteiger partial charge in [-0.1, -0.05) is 25.8 Å². The molecule has 2 aliphatic rings. The van der Waals surface area contributed by atoms with E-state index in [2.05, 4.69) is 10.7 Å². The molecule has 1 saturated carbocycles. The van der Waals surface area contributed by atoms with Crippen LogP contribution in [0.5, 0.6) is 0 Å². The Morgan fingerprint density at radius 1 is 1.31 bits per heavy atom. The molecule has 2 fully saturated rings. The Morgan fingerprint density at radius 2 is 1.97 bits per heavy atom. The van der Waals surface area contributed by atoms with Crippen LogP contribution in [0.4, 0.5) is 18.0 Å². The maximum absolute atomic E-state index is 12.3. The Labute approximate surface area is 164 Å². The monoisotopic (exact) mass is 416 g/mol. The summed E-state index contributed by atoms with van der Waals surface area (Å²) in [6.07, 6.45) is 2.60. The topological polar surface area (TPSA) is 93.2 Å². The second kappa shape index (κ2) is 8.14. The van der Waals surface area contributed by atoms with Crippen LogP contribution in [-0.4, -0.2) is 66.3 Å². The average molecular weight is 416 g/mol. The van der Waals surface area contributed by atoms with Crippen LogP contribution in [0.3, 0.4) is 0 Å². The first-order chi connectivity index (χ1) is 13.4. The summed E-state index contributed by atoms with van der Waals surface area (Å²) in [6.45, 7) is 0.868. The molecule has 3 amide bonds. The lowest BCUT2D eigenvalue weighted by atomic mass is 10.1. The Bertz CT molecular complexity index is 783. The fourth-order valence-electron chi connectivity index (χ4n) is 3.04. The summed E-state index contributed by atoms with van der Waals surface area (Å²) in [6, 6.07) is -0.667. The van der Waals surface area contributed by atoms with Gasteiger partial charge in [0, 0.05) is 6.08 Å². The molecule has 158 valence electrons. The third-order valence-corrected chi connectivity index (χ3v) is 4.73. The van der Waals surface area contributed by atoms with Gasteiger partial charge in [0.25, 0.3) is 5.91 Å². The van der Waals surface area contributed by atoms with E-state index in [1.54, 1.807) is 13.8 Å². The number of imide groups is 1. The van der Waals surface area contributed by atoms with E-state index in [4.69, 9.17) is 11.2 Å². The number of hydrogen-bond acceptors (Lipinski definition) is 6. The molecule has 0 aromatic carbocycles. The van der Waals surface area contributed by atoms with Crippen LogP contribution in [-0.2, 0) is 23.9 Å². The van der Waals surface area contributed by atoms with Crippen molar-refractivity contribution in [3.05, 3.63) is 12.2 Å². The molecule has 1 heterocycles. The van der Waals surface area contributed by atoms with Gasteiger partial charge in [0.2, 0.25) is 0 Å². The Morgan fingerprint density at radius 3 is 2.55 bits per heavy atom. The Kier molecular flexibility index (Phi) is 6.25. The minimum Gasteiger partial charge on any atom is -0.453 e. The summed E-state index contributed by atoms with van der Waals surface area (Å²) in [7, 11) is 0. The summed E-state index contributed by atoms with van der Waals surface area (Å²) in [5, 5.41) is 0. The Hall–Kier alpha value is -3.03. The first-order valence-electron chi connectivity index (χ1n) is 8.49. The third-order valence-electron chi connectivity index (χ3n) is 4.73. The number of nitrogens with zero attached hydrogens (tertiary/aromatic N) is 2. The fraction of sp³-hybridized carbons (Fsp3) is 0.556. The minimum atomic E-state index is -4.63. The van der Waals surface area contributed by atoms with Crippen molar-refractivity contribution in [2.24, 2.45) is 17.3 Å². The molecule has 1 saturated heterocycles.